The molecule has 3 rings (SSSR count). The average Bonchev–Trinajstić information content (AvgIpc) is 2.92. The summed E-state index contributed by atoms with van der Waals surface area (Å²) in [6, 6.07) is 15.0. The van der Waals surface area contributed by atoms with Crippen molar-refractivity contribution < 1.29 is 9.90 Å². The van der Waals surface area contributed by atoms with Gasteiger partial charge in [-0.2, -0.15) is 0 Å². The van der Waals surface area contributed by atoms with Crippen LogP contribution in [-0.4, -0.2) is 29.9 Å². The van der Waals surface area contributed by atoms with Gasteiger partial charge in [0.15, 0.2) is 0 Å². The summed E-state index contributed by atoms with van der Waals surface area (Å²) < 4.78 is 0. The Balaban J connectivity index is 1.70. The van der Waals surface area contributed by atoms with E-state index in [4.69, 9.17) is 5.11 Å². The van der Waals surface area contributed by atoms with E-state index >= 15 is 0 Å². The molecule has 4 heteroatoms. The van der Waals surface area contributed by atoms with E-state index in [0.29, 0.717) is 12.3 Å². The number of carbonyl (C=O) groups excluding carboxylic acids is 1. The van der Waals surface area contributed by atoms with Crippen molar-refractivity contribution in [2.24, 2.45) is 0 Å². The van der Waals surface area contributed by atoms with Crippen molar-refractivity contribution in [3.8, 4) is 11.1 Å². The zero-order valence-electron chi connectivity index (χ0n) is 12.3. The van der Waals surface area contributed by atoms with Crippen LogP contribution in [0.15, 0.2) is 42.5 Å². The van der Waals surface area contributed by atoms with Gasteiger partial charge in [-0.05, 0) is 34.2 Å². The van der Waals surface area contributed by atoms with Crippen LogP contribution < -0.4 is 5.32 Å². The third-order valence-electron chi connectivity index (χ3n) is 3.83. The number of hydrogen-bond donors (Lipinski definition) is 2. The van der Waals surface area contributed by atoms with Gasteiger partial charge in [0.25, 0.3) is 0 Å². The van der Waals surface area contributed by atoms with Crippen LogP contribution in [0.5, 0.6) is 0 Å². The summed E-state index contributed by atoms with van der Waals surface area (Å²) in [5.74, 6) is 1.22. The van der Waals surface area contributed by atoms with Gasteiger partial charge in [-0.25, -0.2) is 0 Å². The van der Waals surface area contributed by atoms with Crippen molar-refractivity contribution in [2.45, 2.75) is 12.2 Å². The molecule has 0 aliphatic heterocycles. The van der Waals surface area contributed by atoms with Crippen molar-refractivity contribution in [1.82, 2.24) is 5.32 Å². The van der Waals surface area contributed by atoms with Crippen molar-refractivity contribution in [1.29, 1.82) is 0 Å². The van der Waals surface area contributed by atoms with Crippen LogP contribution in [0.2, 0.25) is 0 Å². The molecule has 1 amide bonds. The van der Waals surface area contributed by atoms with E-state index in [1.54, 1.807) is 11.8 Å². The molecule has 22 heavy (non-hydrogen) atoms. The van der Waals surface area contributed by atoms with Crippen LogP contribution in [0, 0.1) is 0 Å². The van der Waals surface area contributed by atoms with E-state index in [-0.39, 0.29) is 12.5 Å². The van der Waals surface area contributed by atoms with Gasteiger partial charge in [0.2, 0.25) is 5.91 Å². The normalized spacial score (nSPS) is 11.9. The molecule has 0 saturated heterocycles. The van der Waals surface area contributed by atoms with Crippen LogP contribution in [-0.2, 0) is 17.0 Å². The first-order valence-electron chi connectivity index (χ1n) is 7.44. The number of aliphatic hydroxyl groups is 1. The Morgan fingerprint density at radius 1 is 1.14 bits per heavy atom. The second-order valence-electron chi connectivity index (χ2n) is 5.35. The van der Waals surface area contributed by atoms with Crippen molar-refractivity contribution in [3.63, 3.8) is 0 Å². The van der Waals surface area contributed by atoms with Crippen LogP contribution in [0.3, 0.4) is 0 Å². The fraction of sp³-hybridized carbons (Fsp3) is 0.278. The highest BCUT2D eigenvalue weighted by Crippen LogP contribution is 2.39. The maximum absolute atomic E-state index is 11.6. The van der Waals surface area contributed by atoms with Crippen molar-refractivity contribution >= 4 is 17.7 Å². The molecule has 0 unspecified atom stereocenters. The predicted molar refractivity (Wildman–Crippen MR) is 90.9 cm³/mol. The summed E-state index contributed by atoms with van der Waals surface area (Å²) in [6.45, 7) is 0.312. The Hall–Kier alpha value is -1.78. The van der Waals surface area contributed by atoms with Gasteiger partial charge in [0, 0.05) is 12.3 Å². The topological polar surface area (TPSA) is 49.3 Å². The summed E-state index contributed by atoms with van der Waals surface area (Å²) >= 11 is 1.61. The van der Waals surface area contributed by atoms with Gasteiger partial charge in [0.05, 0.1) is 12.4 Å². The molecular formula is C18H19NO2S. The molecule has 1 aliphatic carbocycles. The first-order chi connectivity index (χ1) is 10.8. The van der Waals surface area contributed by atoms with E-state index in [0.717, 1.165) is 12.2 Å². The number of hydrogen-bond acceptors (Lipinski definition) is 3. The Kier molecular flexibility index (Phi) is 4.80. The van der Waals surface area contributed by atoms with Crippen LogP contribution in [0.25, 0.3) is 11.1 Å². The molecular weight excluding hydrogens is 294 g/mol. The molecule has 114 valence electrons. The summed E-state index contributed by atoms with van der Waals surface area (Å²) in [4.78, 5) is 11.6. The maximum Gasteiger partial charge on any atom is 0.230 e. The minimum atomic E-state index is -0.0213. The largest absolute Gasteiger partial charge is 0.395 e. The maximum atomic E-state index is 11.6. The Morgan fingerprint density at radius 2 is 1.95 bits per heavy atom. The predicted octanol–water partition coefficient (Wildman–Crippen LogP) is 2.60. The number of rotatable bonds is 6. The summed E-state index contributed by atoms with van der Waals surface area (Å²) in [7, 11) is 0. The van der Waals surface area contributed by atoms with Crippen molar-refractivity contribution in [3.05, 3.63) is 59.2 Å². The number of nitrogens with one attached hydrogen (secondary N) is 1. The highest BCUT2D eigenvalue weighted by molar-refractivity contribution is 7.99. The number of carbonyl (C=O) groups is 1. The van der Waals surface area contributed by atoms with Crippen LogP contribution in [0.1, 0.15) is 16.7 Å². The van der Waals surface area contributed by atoms with E-state index in [1.165, 1.54) is 27.8 Å². The van der Waals surface area contributed by atoms with Crippen LogP contribution in [0.4, 0.5) is 0 Å². The fourth-order valence-corrected chi connectivity index (χ4v) is 3.74. The fourth-order valence-electron chi connectivity index (χ4n) is 2.89. The average molecular weight is 313 g/mol. The molecule has 2 N–H and O–H groups in total. The lowest BCUT2D eigenvalue weighted by atomic mass is 10.0. The zero-order valence-corrected chi connectivity index (χ0v) is 13.2. The number of amides is 1. The third-order valence-corrected chi connectivity index (χ3v) is 4.81. The third kappa shape index (κ3) is 3.18. The quantitative estimate of drug-likeness (QED) is 0.735. The van der Waals surface area contributed by atoms with Gasteiger partial charge in [-0.1, -0.05) is 42.5 Å². The molecule has 0 radical (unpaired) electrons. The molecule has 0 saturated carbocycles. The lowest BCUT2D eigenvalue weighted by molar-refractivity contribution is -0.118. The van der Waals surface area contributed by atoms with E-state index in [2.05, 4.69) is 47.8 Å². The lowest BCUT2D eigenvalue weighted by Crippen LogP contribution is -2.27. The molecule has 0 atom stereocenters. The molecule has 3 nitrogen and oxygen atoms in total. The van der Waals surface area contributed by atoms with Crippen molar-refractivity contribution in [2.75, 3.05) is 18.9 Å². The molecule has 0 bridgehead atoms. The Labute approximate surface area is 134 Å². The van der Waals surface area contributed by atoms with E-state index in [1.807, 2.05) is 0 Å². The number of benzene rings is 2. The number of fused-ring (bicyclic) bond motifs is 3. The molecule has 0 heterocycles. The lowest BCUT2D eigenvalue weighted by Gasteiger charge is -2.09. The van der Waals surface area contributed by atoms with E-state index < -0.39 is 0 Å². The second kappa shape index (κ2) is 6.99. The standard InChI is InChI=1S/C18H19NO2S/c20-9-8-19-17(21)12-22-11-15-6-3-5-14-10-13-4-1-2-7-16(13)18(14)15/h1-7,20H,8-12H2,(H,19,21). The minimum Gasteiger partial charge on any atom is -0.395 e. The Bertz CT molecular complexity index is 685. The Morgan fingerprint density at radius 3 is 2.82 bits per heavy atom. The first kappa shape index (κ1) is 15.1. The molecule has 0 aromatic heterocycles. The smallest absolute Gasteiger partial charge is 0.230 e. The molecule has 0 spiro atoms. The molecule has 0 fully saturated rings. The molecule has 1 aliphatic rings. The SMILES string of the molecule is O=C(CSCc1cccc2c1-c1ccccc1C2)NCCO. The minimum absolute atomic E-state index is 0.0145. The number of thioether (sulfide) groups is 1. The van der Waals surface area contributed by atoms with Gasteiger partial charge < -0.3 is 10.4 Å². The van der Waals surface area contributed by atoms with Crippen LogP contribution >= 0.6 is 11.8 Å². The summed E-state index contributed by atoms with van der Waals surface area (Å²) in [5, 5.41) is 11.4. The zero-order chi connectivity index (χ0) is 15.4. The van der Waals surface area contributed by atoms with Gasteiger partial charge in [0.1, 0.15) is 0 Å². The van der Waals surface area contributed by atoms with Gasteiger partial charge in [-0.3, -0.25) is 4.79 Å². The summed E-state index contributed by atoms with van der Waals surface area (Å²) in [6.07, 6.45) is 1.00. The number of aliphatic hydroxyl groups excluding tert-OH is 1. The second-order valence-corrected chi connectivity index (χ2v) is 6.34. The van der Waals surface area contributed by atoms with Gasteiger partial charge >= 0.3 is 0 Å². The highest BCUT2D eigenvalue weighted by atomic mass is 32.2. The molecule has 2 aromatic carbocycles. The highest BCUT2D eigenvalue weighted by Gasteiger charge is 2.20. The summed E-state index contributed by atoms with van der Waals surface area (Å²) in [5.41, 5.74) is 6.74. The monoisotopic (exact) mass is 313 g/mol. The molecule has 2 aromatic rings. The van der Waals surface area contributed by atoms with Gasteiger partial charge in [-0.15, -0.1) is 11.8 Å². The van der Waals surface area contributed by atoms with E-state index in [9.17, 15) is 4.79 Å². The first-order valence-corrected chi connectivity index (χ1v) is 8.59.